The summed E-state index contributed by atoms with van der Waals surface area (Å²) >= 11 is 1.52. The minimum Gasteiger partial charge on any atom is -0.298 e. The third-order valence-electron chi connectivity index (χ3n) is 2.10. The van der Waals surface area contributed by atoms with Crippen molar-refractivity contribution < 1.29 is 4.79 Å². The van der Waals surface area contributed by atoms with Gasteiger partial charge in [-0.1, -0.05) is 13.0 Å². The Kier molecular flexibility index (Phi) is 3.73. The predicted octanol–water partition coefficient (Wildman–Crippen LogP) is 2.66. The van der Waals surface area contributed by atoms with Gasteiger partial charge in [0.2, 0.25) is 0 Å². The number of thioether (sulfide) groups is 1. The van der Waals surface area contributed by atoms with E-state index in [1.807, 2.05) is 13.2 Å². The van der Waals surface area contributed by atoms with E-state index >= 15 is 0 Å². The van der Waals surface area contributed by atoms with Crippen molar-refractivity contribution in [2.24, 2.45) is 0 Å². The van der Waals surface area contributed by atoms with Crippen molar-refractivity contribution in [1.82, 2.24) is 0 Å². The van der Waals surface area contributed by atoms with Crippen LogP contribution in [0.3, 0.4) is 0 Å². The zero-order valence-electron chi connectivity index (χ0n) is 8.20. The molecule has 1 aromatic rings. The van der Waals surface area contributed by atoms with Gasteiger partial charge in [-0.3, -0.25) is 4.79 Å². The first-order chi connectivity index (χ1) is 6.78. The van der Waals surface area contributed by atoms with Crippen LogP contribution < -0.4 is 0 Å². The quantitative estimate of drug-likeness (QED) is 0.562. The molecule has 0 saturated heterocycles. The number of carbonyl (C=O) groups excluding carboxylic acids is 1. The molecule has 0 saturated carbocycles. The highest BCUT2D eigenvalue weighted by Crippen LogP contribution is 2.27. The SMILES string of the molecule is CCc1c(C=O)ccc(C#N)c1SC. The number of nitriles is 1. The maximum atomic E-state index is 10.8. The maximum absolute atomic E-state index is 10.8. The smallest absolute Gasteiger partial charge is 0.150 e. The van der Waals surface area contributed by atoms with Crippen LogP contribution in [0.5, 0.6) is 0 Å². The minimum atomic E-state index is 0.653. The lowest BCUT2D eigenvalue weighted by Gasteiger charge is -2.09. The van der Waals surface area contributed by atoms with Gasteiger partial charge in [0.05, 0.1) is 5.56 Å². The number of benzene rings is 1. The van der Waals surface area contributed by atoms with Crippen LogP contribution in [-0.4, -0.2) is 12.5 Å². The molecule has 0 bridgehead atoms. The summed E-state index contributed by atoms with van der Waals surface area (Å²) in [6, 6.07) is 5.55. The number of carbonyl (C=O) groups is 1. The largest absolute Gasteiger partial charge is 0.298 e. The number of hydrogen-bond acceptors (Lipinski definition) is 3. The summed E-state index contributed by atoms with van der Waals surface area (Å²) in [6.45, 7) is 1.99. The van der Waals surface area contributed by atoms with E-state index in [4.69, 9.17) is 5.26 Å². The van der Waals surface area contributed by atoms with Crippen molar-refractivity contribution in [2.45, 2.75) is 18.2 Å². The molecule has 0 aromatic heterocycles. The first-order valence-corrected chi connectivity index (χ1v) is 5.56. The van der Waals surface area contributed by atoms with Crippen LogP contribution in [0.1, 0.15) is 28.4 Å². The van der Waals surface area contributed by atoms with Gasteiger partial charge >= 0.3 is 0 Å². The van der Waals surface area contributed by atoms with Gasteiger partial charge in [-0.15, -0.1) is 11.8 Å². The van der Waals surface area contributed by atoms with Crippen LogP contribution >= 0.6 is 11.8 Å². The highest BCUT2D eigenvalue weighted by molar-refractivity contribution is 7.98. The Labute approximate surface area is 87.9 Å². The molecule has 2 nitrogen and oxygen atoms in total. The molecular weight excluding hydrogens is 194 g/mol. The third-order valence-corrected chi connectivity index (χ3v) is 2.98. The van der Waals surface area contributed by atoms with E-state index in [2.05, 4.69) is 6.07 Å². The van der Waals surface area contributed by atoms with Gasteiger partial charge < -0.3 is 0 Å². The standard InChI is InChI=1S/C11H11NOS/c1-3-10-9(7-13)5-4-8(6-12)11(10)14-2/h4-5,7H,3H2,1-2H3. The monoisotopic (exact) mass is 205 g/mol. The van der Waals surface area contributed by atoms with E-state index in [9.17, 15) is 4.79 Å². The predicted molar refractivity (Wildman–Crippen MR) is 57.7 cm³/mol. The summed E-state index contributed by atoms with van der Waals surface area (Å²) in [5.41, 5.74) is 2.32. The molecule has 14 heavy (non-hydrogen) atoms. The van der Waals surface area contributed by atoms with Gasteiger partial charge in [0, 0.05) is 10.5 Å². The summed E-state index contributed by atoms with van der Waals surface area (Å²) in [4.78, 5) is 11.7. The molecule has 0 heterocycles. The second-order valence-corrected chi connectivity index (χ2v) is 3.61. The molecule has 72 valence electrons. The van der Waals surface area contributed by atoms with Crippen molar-refractivity contribution in [3.8, 4) is 6.07 Å². The summed E-state index contributed by atoms with van der Waals surface area (Å²) < 4.78 is 0. The van der Waals surface area contributed by atoms with Gasteiger partial charge in [0.25, 0.3) is 0 Å². The van der Waals surface area contributed by atoms with Gasteiger partial charge in [-0.05, 0) is 24.3 Å². The summed E-state index contributed by atoms with van der Waals surface area (Å²) in [5.74, 6) is 0. The Morgan fingerprint density at radius 2 is 2.29 bits per heavy atom. The lowest BCUT2D eigenvalue weighted by molar-refractivity contribution is 0.112. The van der Waals surface area contributed by atoms with E-state index in [0.29, 0.717) is 11.1 Å². The first-order valence-electron chi connectivity index (χ1n) is 4.33. The minimum absolute atomic E-state index is 0.653. The first kappa shape index (κ1) is 10.8. The van der Waals surface area contributed by atoms with Crippen LogP contribution in [0.25, 0.3) is 0 Å². The number of nitrogens with zero attached hydrogens (tertiary/aromatic N) is 1. The fraction of sp³-hybridized carbons (Fsp3) is 0.273. The molecule has 0 N–H and O–H groups in total. The fourth-order valence-corrected chi connectivity index (χ4v) is 2.28. The van der Waals surface area contributed by atoms with E-state index in [1.165, 1.54) is 11.8 Å². The summed E-state index contributed by atoms with van der Waals surface area (Å²) in [6.07, 6.45) is 3.55. The average molecular weight is 205 g/mol. The highest BCUT2D eigenvalue weighted by Gasteiger charge is 2.10. The second-order valence-electron chi connectivity index (χ2n) is 2.80. The zero-order chi connectivity index (χ0) is 10.6. The Bertz CT molecular complexity index is 393. The highest BCUT2D eigenvalue weighted by atomic mass is 32.2. The molecular formula is C11H11NOS. The van der Waals surface area contributed by atoms with Gasteiger partial charge in [-0.2, -0.15) is 5.26 Å². The van der Waals surface area contributed by atoms with Crippen LogP contribution in [0.4, 0.5) is 0 Å². The van der Waals surface area contributed by atoms with E-state index in [-0.39, 0.29) is 0 Å². The normalized spacial score (nSPS) is 9.50. The van der Waals surface area contributed by atoms with Crippen LogP contribution in [-0.2, 0) is 6.42 Å². The topological polar surface area (TPSA) is 40.9 Å². The van der Waals surface area contributed by atoms with Crippen molar-refractivity contribution in [3.05, 3.63) is 28.8 Å². The van der Waals surface area contributed by atoms with Gasteiger partial charge in [0.1, 0.15) is 12.4 Å². The van der Waals surface area contributed by atoms with Crippen LogP contribution in [0.15, 0.2) is 17.0 Å². The molecule has 3 heteroatoms. The van der Waals surface area contributed by atoms with Crippen molar-refractivity contribution in [3.63, 3.8) is 0 Å². The molecule has 0 aliphatic heterocycles. The lowest BCUT2D eigenvalue weighted by Crippen LogP contribution is -1.96. The van der Waals surface area contributed by atoms with E-state index in [0.717, 1.165) is 23.2 Å². The Morgan fingerprint density at radius 1 is 1.57 bits per heavy atom. The third kappa shape index (κ3) is 1.80. The summed E-state index contributed by atoms with van der Waals surface area (Å²) in [5, 5.41) is 8.88. The maximum Gasteiger partial charge on any atom is 0.150 e. The Balaban J connectivity index is 3.45. The van der Waals surface area contributed by atoms with Crippen molar-refractivity contribution >= 4 is 18.0 Å². The molecule has 1 aromatic carbocycles. The molecule has 0 unspecified atom stereocenters. The molecule has 0 atom stereocenters. The lowest BCUT2D eigenvalue weighted by atomic mass is 10.0. The molecule has 1 rings (SSSR count). The number of rotatable bonds is 3. The zero-order valence-corrected chi connectivity index (χ0v) is 9.02. The molecule has 0 amide bonds. The fourth-order valence-electron chi connectivity index (χ4n) is 1.44. The molecule has 0 spiro atoms. The van der Waals surface area contributed by atoms with E-state index < -0.39 is 0 Å². The second kappa shape index (κ2) is 4.83. The molecule has 0 radical (unpaired) electrons. The molecule has 0 aliphatic rings. The van der Waals surface area contributed by atoms with Crippen LogP contribution in [0, 0.1) is 11.3 Å². The molecule has 0 aliphatic carbocycles. The van der Waals surface area contributed by atoms with E-state index in [1.54, 1.807) is 12.1 Å². The Morgan fingerprint density at radius 3 is 2.71 bits per heavy atom. The summed E-state index contributed by atoms with van der Waals surface area (Å²) in [7, 11) is 0. The van der Waals surface area contributed by atoms with Gasteiger partial charge in [-0.25, -0.2) is 0 Å². The van der Waals surface area contributed by atoms with Gasteiger partial charge in [0.15, 0.2) is 0 Å². The average Bonchev–Trinajstić information content (AvgIpc) is 2.26. The van der Waals surface area contributed by atoms with Crippen molar-refractivity contribution in [2.75, 3.05) is 6.26 Å². The Hall–Kier alpha value is -1.27. The molecule has 0 fully saturated rings. The number of hydrogen-bond donors (Lipinski definition) is 0. The van der Waals surface area contributed by atoms with Crippen LogP contribution in [0.2, 0.25) is 0 Å². The number of aldehydes is 1. The van der Waals surface area contributed by atoms with Crippen molar-refractivity contribution in [1.29, 1.82) is 5.26 Å².